The van der Waals surface area contributed by atoms with Crippen molar-refractivity contribution < 1.29 is 13.5 Å². The molecule has 1 rings (SSSR count). The molecule has 0 aliphatic carbocycles. The lowest BCUT2D eigenvalue weighted by molar-refractivity contribution is 0.115. The molecule has 1 atom stereocenters. The average molecular weight is 305 g/mol. The first-order valence-electron chi connectivity index (χ1n) is 6.17. The van der Waals surface area contributed by atoms with Gasteiger partial charge >= 0.3 is 0 Å². The fourth-order valence-electron chi connectivity index (χ4n) is 1.91. The molecule has 0 fully saturated rings. The zero-order valence-corrected chi connectivity index (χ0v) is 14.0. The molecule has 0 bridgehead atoms. The Morgan fingerprint density at radius 1 is 1.37 bits per heavy atom. The second-order valence-electron chi connectivity index (χ2n) is 5.89. The minimum atomic E-state index is -3.54. The van der Waals surface area contributed by atoms with E-state index in [1.54, 1.807) is 6.07 Å². The van der Waals surface area contributed by atoms with Crippen molar-refractivity contribution in [3.05, 3.63) is 16.5 Å². The third-order valence-electron chi connectivity index (χ3n) is 3.39. The number of thiophene rings is 1. The predicted molar refractivity (Wildman–Crippen MR) is 79.1 cm³/mol. The van der Waals surface area contributed by atoms with E-state index in [0.29, 0.717) is 4.21 Å². The molecular weight excluding hydrogens is 282 g/mol. The van der Waals surface area contributed by atoms with Crippen LogP contribution in [-0.2, 0) is 10.0 Å². The van der Waals surface area contributed by atoms with Crippen LogP contribution in [0.15, 0.2) is 10.3 Å². The van der Waals surface area contributed by atoms with E-state index in [0.717, 1.165) is 10.4 Å². The smallest absolute Gasteiger partial charge is 0.252 e. The highest BCUT2D eigenvalue weighted by Crippen LogP contribution is 2.31. The van der Waals surface area contributed by atoms with Crippen LogP contribution in [0.4, 0.5) is 0 Å². The molecule has 0 aliphatic heterocycles. The van der Waals surface area contributed by atoms with E-state index in [-0.39, 0.29) is 12.0 Å². The number of hydrogen-bond acceptors (Lipinski definition) is 4. The highest BCUT2D eigenvalue weighted by molar-refractivity contribution is 7.91. The minimum absolute atomic E-state index is 0.192. The summed E-state index contributed by atoms with van der Waals surface area (Å²) in [6.07, 6.45) is 0. The third kappa shape index (κ3) is 3.37. The second kappa shape index (κ2) is 5.52. The topological polar surface area (TPSA) is 57.6 Å². The number of aliphatic hydroxyl groups is 1. The van der Waals surface area contributed by atoms with E-state index >= 15 is 0 Å². The summed E-state index contributed by atoms with van der Waals surface area (Å²) in [4.78, 5) is 1.00. The normalized spacial score (nSPS) is 14.9. The van der Waals surface area contributed by atoms with E-state index in [9.17, 15) is 13.5 Å². The number of sulfonamides is 1. The van der Waals surface area contributed by atoms with Gasteiger partial charge in [0.25, 0.3) is 10.0 Å². The Balaban J connectivity index is 3.19. The van der Waals surface area contributed by atoms with Crippen LogP contribution in [0.5, 0.6) is 0 Å². The summed E-state index contributed by atoms with van der Waals surface area (Å²) in [7, 11) is -2.01. The van der Waals surface area contributed by atoms with Crippen molar-refractivity contribution in [1.82, 2.24) is 4.31 Å². The third-order valence-corrected chi connectivity index (χ3v) is 6.86. The molecule has 0 saturated heterocycles. The second-order valence-corrected chi connectivity index (χ2v) is 9.37. The quantitative estimate of drug-likeness (QED) is 0.929. The highest BCUT2D eigenvalue weighted by atomic mass is 32.2. The van der Waals surface area contributed by atoms with Crippen molar-refractivity contribution in [3.8, 4) is 0 Å². The molecule has 0 aliphatic rings. The van der Waals surface area contributed by atoms with Gasteiger partial charge in [-0.25, -0.2) is 8.42 Å². The average Bonchev–Trinajstić information content (AvgIpc) is 2.58. The number of rotatable bonds is 4. The summed E-state index contributed by atoms with van der Waals surface area (Å²) >= 11 is 1.28. The van der Waals surface area contributed by atoms with E-state index in [4.69, 9.17) is 0 Å². The molecule has 4 nitrogen and oxygen atoms in total. The van der Waals surface area contributed by atoms with Gasteiger partial charge in [-0.3, -0.25) is 0 Å². The van der Waals surface area contributed by atoms with Crippen molar-refractivity contribution in [1.29, 1.82) is 0 Å². The van der Waals surface area contributed by atoms with Gasteiger partial charge in [0.1, 0.15) is 4.21 Å². The summed E-state index contributed by atoms with van der Waals surface area (Å²) in [6, 6.07) is 1.25. The molecule has 1 N–H and O–H groups in total. The van der Waals surface area contributed by atoms with Gasteiger partial charge in [0, 0.05) is 11.9 Å². The van der Waals surface area contributed by atoms with Gasteiger partial charge in [0.2, 0.25) is 0 Å². The zero-order chi connectivity index (χ0) is 15.0. The largest absolute Gasteiger partial charge is 0.395 e. The number of aryl methyl sites for hydroxylation is 2. The first-order valence-corrected chi connectivity index (χ1v) is 8.43. The summed E-state index contributed by atoms with van der Waals surface area (Å²) in [6.45, 7) is 9.38. The van der Waals surface area contributed by atoms with Gasteiger partial charge in [-0.15, -0.1) is 11.3 Å². The Labute approximate surface area is 120 Å². The van der Waals surface area contributed by atoms with Gasteiger partial charge in [-0.1, -0.05) is 20.8 Å². The maximum Gasteiger partial charge on any atom is 0.252 e. The first-order chi connectivity index (χ1) is 8.51. The summed E-state index contributed by atoms with van der Waals surface area (Å²) in [5, 5.41) is 9.50. The van der Waals surface area contributed by atoms with Crippen LogP contribution in [0.3, 0.4) is 0 Å². The molecule has 0 radical (unpaired) electrons. The molecule has 0 saturated carbocycles. The molecule has 6 heteroatoms. The van der Waals surface area contributed by atoms with Crippen LogP contribution >= 0.6 is 11.3 Å². The van der Waals surface area contributed by atoms with Crippen molar-refractivity contribution in [2.45, 2.75) is 44.9 Å². The maximum atomic E-state index is 12.6. The van der Waals surface area contributed by atoms with Crippen molar-refractivity contribution >= 4 is 21.4 Å². The van der Waals surface area contributed by atoms with Gasteiger partial charge in [0.15, 0.2) is 0 Å². The summed E-state index contributed by atoms with van der Waals surface area (Å²) in [5.74, 6) is 0. The van der Waals surface area contributed by atoms with Gasteiger partial charge in [-0.2, -0.15) is 4.31 Å². The summed E-state index contributed by atoms with van der Waals surface area (Å²) < 4.78 is 26.8. The number of nitrogens with zero attached hydrogens (tertiary/aromatic N) is 1. The first kappa shape index (κ1) is 16.6. The van der Waals surface area contributed by atoms with Crippen molar-refractivity contribution in [2.24, 2.45) is 5.41 Å². The van der Waals surface area contributed by atoms with E-state index in [2.05, 4.69) is 0 Å². The van der Waals surface area contributed by atoms with Crippen LogP contribution in [0.1, 0.15) is 31.2 Å². The lowest BCUT2D eigenvalue weighted by atomic mass is 9.87. The number of hydrogen-bond donors (Lipinski definition) is 1. The molecule has 0 spiro atoms. The lowest BCUT2D eigenvalue weighted by Gasteiger charge is -2.35. The molecule has 0 amide bonds. The molecule has 1 unspecified atom stereocenters. The summed E-state index contributed by atoms with van der Waals surface area (Å²) in [5.41, 5.74) is 0.658. The Bertz CT molecular complexity index is 521. The molecule has 1 aromatic rings. The molecule has 1 heterocycles. The van der Waals surface area contributed by atoms with E-state index in [1.165, 1.54) is 22.7 Å². The Hall–Kier alpha value is -0.430. The molecular formula is C13H23NO3S2. The fraction of sp³-hybridized carbons (Fsp3) is 0.692. The van der Waals surface area contributed by atoms with E-state index in [1.807, 2.05) is 34.6 Å². The van der Waals surface area contributed by atoms with Crippen molar-refractivity contribution in [2.75, 3.05) is 13.7 Å². The lowest BCUT2D eigenvalue weighted by Crippen LogP contribution is -2.47. The maximum absolute atomic E-state index is 12.6. The van der Waals surface area contributed by atoms with Gasteiger partial charge in [0.05, 0.1) is 12.6 Å². The standard InChI is InChI=1S/C13H23NO3S2/c1-9-7-12(18-10(9)2)19(16,17)14(6)11(8-15)13(3,4)5/h7,11,15H,8H2,1-6H3. The van der Waals surface area contributed by atoms with Crippen LogP contribution in [0.2, 0.25) is 0 Å². The molecule has 0 aromatic carbocycles. The Morgan fingerprint density at radius 3 is 2.21 bits per heavy atom. The van der Waals surface area contributed by atoms with Crippen LogP contribution in [0, 0.1) is 19.3 Å². The molecule has 110 valence electrons. The van der Waals surface area contributed by atoms with Crippen LogP contribution in [0.25, 0.3) is 0 Å². The van der Waals surface area contributed by atoms with E-state index < -0.39 is 16.1 Å². The molecule has 1 aromatic heterocycles. The highest BCUT2D eigenvalue weighted by Gasteiger charge is 2.36. The monoisotopic (exact) mass is 305 g/mol. The predicted octanol–water partition coefficient (Wildman–Crippen LogP) is 2.39. The Kier molecular flexibility index (Phi) is 4.83. The minimum Gasteiger partial charge on any atom is -0.395 e. The zero-order valence-electron chi connectivity index (χ0n) is 12.4. The SMILES string of the molecule is Cc1cc(S(=O)(=O)N(C)C(CO)C(C)(C)C)sc1C. The van der Waals surface area contributed by atoms with Crippen LogP contribution < -0.4 is 0 Å². The molecule has 19 heavy (non-hydrogen) atoms. The van der Waals surface area contributed by atoms with Crippen molar-refractivity contribution in [3.63, 3.8) is 0 Å². The van der Waals surface area contributed by atoms with Crippen LogP contribution in [-0.4, -0.2) is 37.5 Å². The fourth-order valence-corrected chi connectivity index (χ4v) is 5.14. The van der Waals surface area contributed by atoms with Gasteiger partial charge < -0.3 is 5.11 Å². The number of likely N-dealkylation sites (N-methyl/N-ethyl adjacent to an activating group) is 1. The van der Waals surface area contributed by atoms with Gasteiger partial charge in [-0.05, 0) is 30.9 Å². The number of aliphatic hydroxyl groups excluding tert-OH is 1. The Morgan fingerprint density at radius 2 is 1.89 bits per heavy atom.